The van der Waals surface area contributed by atoms with Gasteiger partial charge in [-0.25, -0.2) is 0 Å². The number of phenolic OH excluding ortho intramolecular Hbond substituents is 2. The molecule has 0 bridgehead atoms. The molecule has 15 unspecified atom stereocenters. The molecule has 0 aromatic heterocycles. The van der Waals surface area contributed by atoms with Crippen molar-refractivity contribution in [3.05, 3.63) is 64.8 Å². The van der Waals surface area contributed by atoms with Gasteiger partial charge in [-0.05, 0) is 24.3 Å². The molecule has 13 N–H and O–H groups in total. The van der Waals surface area contributed by atoms with Crippen molar-refractivity contribution in [1.29, 1.82) is 0 Å². The maximum absolute atomic E-state index is 11.1. The number of rotatable bonds is 9. The van der Waals surface area contributed by atoms with E-state index < -0.39 is 129 Å². The van der Waals surface area contributed by atoms with Crippen LogP contribution in [0.15, 0.2) is 59.3 Å². The van der Waals surface area contributed by atoms with Crippen molar-refractivity contribution in [1.82, 2.24) is 0 Å². The summed E-state index contributed by atoms with van der Waals surface area (Å²) in [5.74, 6) is -2.15. The molecular formula is C32H40O20. The van der Waals surface area contributed by atoms with Gasteiger partial charge in [-0.3, -0.25) is 0 Å². The van der Waals surface area contributed by atoms with E-state index in [2.05, 4.69) is 0 Å². The van der Waals surface area contributed by atoms with Crippen molar-refractivity contribution in [2.24, 2.45) is 0 Å². The Morgan fingerprint density at radius 1 is 0.673 bits per heavy atom. The number of aliphatic hydroxyl groups is 11. The van der Waals surface area contributed by atoms with Crippen LogP contribution in [0.25, 0.3) is 5.76 Å². The normalized spacial score (nSPS) is 40.9. The Morgan fingerprint density at radius 3 is 2.00 bits per heavy atom. The highest BCUT2D eigenvalue weighted by Crippen LogP contribution is 2.42. The van der Waals surface area contributed by atoms with E-state index in [0.29, 0.717) is 0 Å². The minimum atomic E-state index is -1.89. The van der Waals surface area contributed by atoms with E-state index in [0.717, 1.165) is 18.2 Å². The molecule has 52 heavy (non-hydrogen) atoms. The Morgan fingerprint density at radius 2 is 1.33 bits per heavy atom. The highest BCUT2D eigenvalue weighted by atomic mass is 16.8. The minimum absolute atomic E-state index is 0.0622. The lowest BCUT2D eigenvalue weighted by atomic mass is 9.96. The smallest absolute Gasteiger partial charge is 0.229 e. The van der Waals surface area contributed by atoms with Gasteiger partial charge in [0.2, 0.25) is 12.6 Å². The van der Waals surface area contributed by atoms with Crippen LogP contribution in [0.4, 0.5) is 0 Å². The molecule has 3 saturated heterocycles. The lowest BCUT2D eigenvalue weighted by molar-refractivity contribution is -0.351. The van der Waals surface area contributed by atoms with Gasteiger partial charge in [-0.1, -0.05) is 0 Å². The number of ether oxygens (including phenoxy) is 7. The first kappa shape index (κ1) is 38.2. The number of allylic oxidation sites excluding steroid dienone is 2. The van der Waals surface area contributed by atoms with Crippen LogP contribution < -0.4 is 0 Å². The number of aliphatic hydroxyl groups excluding tert-OH is 11. The second-order valence-corrected chi connectivity index (χ2v) is 12.6. The molecule has 5 aliphatic rings. The molecule has 1 aromatic carbocycles. The van der Waals surface area contributed by atoms with Crippen LogP contribution >= 0.6 is 0 Å². The topological polar surface area (TPSA) is 328 Å². The third-order valence-corrected chi connectivity index (χ3v) is 9.09. The molecule has 1 aliphatic carbocycles. The second kappa shape index (κ2) is 15.4. The molecule has 20 heteroatoms. The summed E-state index contributed by atoms with van der Waals surface area (Å²) in [6.45, 7) is -2.06. The van der Waals surface area contributed by atoms with E-state index in [1.165, 1.54) is 18.2 Å². The fraction of sp³-hybridized carbons (Fsp3) is 0.562. The first-order valence-corrected chi connectivity index (χ1v) is 16.1. The highest BCUT2D eigenvalue weighted by Gasteiger charge is 2.51. The van der Waals surface area contributed by atoms with Gasteiger partial charge in [0, 0.05) is 23.3 Å². The van der Waals surface area contributed by atoms with E-state index in [4.69, 9.17) is 33.2 Å². The van der Waals surface area contributed by atoms with E-state index in [9.17, 15) is 66.4 Å². The van der Waals surface area contributed by atoms with Gasteiger partial charge in [-0.15, -0.1) is 0 Å². The molecule has 4 aliphatic heterocycles. The zero-order chi connectivity index (χ0) is 37.6. The summed E-state index contributed by atoms with van der Waals surface area (Å²) in [4.78, 5) is 0. The van der Waals surface area contributed by atoms with Crippen molar-refractivity contribution in [3.63, 3.8) is 0 Å². The maximum Gasteiger partial charge on any atom is 0.229 e. The molecule has 20 nitrogen and oxygen atoms in total. The van der Waals surface area contributed by atoms with Gasteiger partial charge in [0.25, 0.3) is 0 Å². The molecule has 15 atom stereocenters. The third kappa shape index (κ3) is 7.31. The molecule has 6 rings (SSSR count). The van der Waals surface area contributed by atoms with Crippen LogP contribution in [0.5, 0.6) is 11.5 Å². The van der Waals surface area contributed by atoms with Gasteiger partial charge in [0.1, 0.15) is 78.7 Å². The van der Waals surface area contributed by atoms with Crippen LogP contribution in [-0.2, 0) is 33.2 Å². The predicted molar refractivity (Wildman–Crippen MR) is 165 cm³/mol. The molecule has 0 amide bonds. The monoisotopic (exact) mass is 744 g/mol. The zero-order valence-electron chi connectivity index (χ0n) is 26.9. The molecule has 1 aromatic rings. The number of phenols is 2. The molecular weight excluding hydrogens is 704 g/mol. The average molecular weight is 745 g/mol. The van der Waals surface area contributed by atoms with Crippen molar-refractivity contribution in [2.45, 2.75) is 92.1 Å². The van der Waals surface area contributed by atoms with Crippen LogP contribution in [0.3, 0.4) is 0 Å². The van der Waals surface area contributed by atoms with Crippen molar-refractivity contribution in [2.75, 3.05) is 19.8 Å². The molecule has 288 valence electrons. The van der Waals surface area contributed by atoms with Crippen molar-refractivity contribution in [3.8, 4) is 11.5 Å². The zero-order valence-corrected chi connectivity index (χ0v) is 26.9. The standard InChI is InChI=1S/C32H40O20/c33-7-19-22(40)24(42)27(45)31(50-19)48-17-5-11(35)4-16-12(17)6-18(28(47-16)10-1-2-13(36)14(37)3-10)49-32-29(25(43)23(41)20(8-34)51-32)52-30-26(44)21(39)15(38)9-46-30/h1-6,15-16,19-27,29-45H,7-9H2. The summed E-state index contributed by atoms with van der Waals surface area (Å²) in [7, 11) is 0. The summed E-state index contributed by atoms with van der Waals surface area (Å²) in [6, 6.07) is 3.56. The molecule has 4 heterocycles. The SMILES string of the molecule is OCC1OC(OC2=CC(O)=CC3OC(c4ccc(O)c(O)c4)=C(OC4OC(CO)C(O)C(O)C4OC4OCC(O)C(O)C4O)C=C23)C(O)C(O)C1O. The fourth-order valence-electron chi connectivity index (χ4n) is 6.12. The number of hydrogen-bond acceptors (Lipinski definition) is 20. The fourth-order valence-corrected chi connectivity index (χ4v) is 6.12. The predicted octanol–water partition coefficient (Wildman–Crippen LogP) is -4.47. The lowest BCUT2D eigenvalue weighted by Crippen LogP contribution is -2.63. The van der Waals surface area contributed by atoms with Gasteiger partial charge >= 0.3 is 0 Å². The summed E-state index contributed by atoms with van der Waals surface area (Å²) in [5.41, 5.74) is 0.141. The van der Waals surface area contributed by atoms with E-state index in [-0.39, 0.29) is 28.4 Å². The summed E-state index contributed by atoms with van der Waals surface area (Å²) in [5, 5.41) is 134. The van der Waals surface area contributed by atoms with Gasteiger partial charge in [0.05, 0.1) is 19.8 Å². The average Bonchev–Trinajstić information content (AvgIpc) is 3.12. The van der Waals surface area contributed by atoms with Crippen molar-refractivity contribution >= 4 is 5.76 Å². The maximum atomic E-state index is 11.1. The van der Waals surface area contributed by atoms with Crippen LogP contribution in [0, 0.1) is 0 Å². The highest BCUT2D eigenvalue weighted by molar-refractivity contribution is 5.70. The summed E-state index contributed by atoms with van der Waals surface area (Å²) in [6.07, 6.45) is -21.3. The summed E-state index contributed by atoms with van der Waals surface area (Å²) < 4.78 is 40.4. The number of hydrogen-bond donors (Lipinski definition) is 13. The Kier molecular flexibility index (Phi) is 11.3. The quantitative estimate of drug-likeness (QED) is 0.106. The second-order valence-electron chi connectivity index (χ2n) is 12.6. The number of aromatic hydroxyl groups is 2. The molecule has 0 saturated carbocycles. The molecule has 0 radical (unpaired) electrons. The van der Waals surface area contributed by atoms with Crippen LogP contribution in [0.2, 0.25) is 0 Å². The Bertz CT molecular complexity index is 1570. The number of benzene rings is 1. The lowest BCUT2D eigenvalue weighted by Gasteiger charge is -2.45. The van der Waals surface area contributed by atoms with E-state index in [1.807, 2.05) is 0 Å². The third-order valence-electron chi connectivity index (χ3n) is 9.09. The Labute approximate surface area is 293 Å². The number of fused-ring (bicyclic) bond motifs is 1. The van der Waals surface area contributed by atoms with Gasteiger partial charge < -0.3 is 99.5 Å². The van der Waals surface area contributed by atoms with Crippen LogP contribution in [-0.4, -0.2) is 178 Å². The first-order valence-electron chi connectivity index (χ1n) is 16.1. The Hall–Kier alpha value is -3.58. The van der Waals surface area contributed by atoms with E-state index >= 15 is 0 Å². The van der Waals surface area contributed by atoms with E-state index in [1.54, 1.807) is 0 Å². The van der Waals surface area contributed by atoms with Gasteiger partial charge in [0.15, 0.2) is 35.4 Å². The van der Waals surface area contributed by atoms with Gasteiger partial charge in [-0.2, -0.15) is 0 Å². The minimum Gasteiger partial charge on any atom is -0.508 e. The molecule has 0 spiro atoms. The largest absolute Gasteiger partial charge is 0.508 e. The molecule has 3 fully saturated rings. The first-order chi connectivity index (χ1) is 24.7. The van der Waals surface area contributed by atoms with Crippen LogP contribution in [0.1, 0.15) is 5.56 Å². The Balaban J connectivity index is 1.38. The van der Waals surface area contributed by atoms with Crippen molar-refractivity contribution < 1.29 is 99.5 Å². The summed E-state index contributed by atoms with van der Waals surface area (Å²) >= 11 is 0.